The van der Waals surface area contributed by atoms with Crippen LogP contribution >= 0.6 is 0 Å². The molecule has 0 saturated heterocycles. The third-order valence-electron chi connectivity index (χ3n) is 2.54. The molecule has 0 saturated carbocycles. The number of aryl methyl sites for hydroxylation is 1. The molecule has 1 aromatic rings. The highest BCUT2D eigenvalue weighted by molar-refractivity contribution is 5.94. The Kier molecular flexibility index (Phi) is 6.36. The number of rotatable bonds is 7. The minimum atomic E-state index is -0.495. The second-order valence-corrected chi connectivity index (χ2v) is 4.21. The van der Waals surface area contributed by atoms with Crippen LogP contribution in [0.4, 0.5) is 4.39 Å². The summed E-state index contributed by atoms with van der Waals surface area (Å²) in [5, 5.41) is 2.64. The maximum atomic E-state index is 13.4. The molecule has 100 valence electrons. The summed E-state index contributed by atoms with van der Waals surface area (Å²) in [5.41, 5.74) is 0.948. The first kappa shape index (κ1) is 14.6. The Morgan fingerprint density at radius 3 is 2.89 bits per heavy atom. The predicted octanol–water partition coefficient (Wildman–Crippen LogP) is 2.68. The van der Waals surface area contributed by atoms with E-state index in [-0.39, 0.29) is 5.56 Å². The van der Waals surface area contributed by atoms with Gasteiger partial charge in [0.05, 0.1) is 12.2 Å². The number of halogens is 1. The van der Waals surface area contributed by atoms with Crippen molar-refractivity contribution in [2.24, 2.45) is 0 Å². The van der Waals surface area contributed by atoms with Crippen LogP contribution in [-0.2, 0) is 4.74 Å². The third kappa shape index (κ3) is 4.84. The van der Waals surface area contributed by atoms with E-state index in [4.69, 9.17) is 4.74 Å². The molecule has 1 N–H and O–H groups in total. The van der Waals surface area contributed by atoms with Crippen molar-refractivity contribution >= 4 is 5.91 Å². The maximum absolute atomic E-state index is 13.4. The predicted molar refractivity (Wildman–Crippen MR) is 69.2 cm³/mol. The van der Waals surface area contributed by atoms with Gasteiger partial charge in [-0.15, -0.1) is 0 Å². The molecule has 0 radical (unpaired) electrons. The van der Waals surface area contributed by atoms with Crippen LogP contribution in [0.3, 0.4) is 0 Å². The van der Waals surface area contributed by atoms with Gasteiger partial charge in [-0.25, -0.2) is 4.39 Å². The van der Waals surface area contributed by atoms with Crippen LogP contribution in [-0.4, -0.2) is 25.7 Å². The molecule has 0 aromatic heterocycles. The molecule has 0 unspecified atom stereocenters. The lowest BCUT2D eigenvalue weighted by atomic mass is 10.1. The summed E-state index contributed by atoms with van der Waals surface area (Å²) in [6, 6.07) is 4.49. The van der Waals surface area contributed by atoms with E-state index in [0.717, 1.165) is 18.4 Å². The number of carbonyl (C=O) groups is 1. The van der Waals surface area contributed by atoms with Gasteiger partial charge >= 0.3 is 0 Å². The van der Waals surface area contributed by atoms with Crippen LogP contribution in [0.2, 0.25) is 0 Å². The highest BCUT2D eigenvalue weighted by Crippen LogP contribution is 2.09. The van der Waals surface area contributed by atoms with E-state index >= 15 is 0 Å². The molecule has 0 aliphatic heterocycles. The average Bonchev–Trinajstić information content (AvgIpc) is 2.36. The third-order valence-corrected chi connectivity index (χ3v) is 2.54. The molecule has 0 heterocycles. The Hall–Kier alpha value is -1.42. The van der Waals surface area contributed by atoms with Crippen LogP contribution in [0.1, 0.15) is 35.7 Å². The quantitative estimate of drug-likeness (QED) is 0.759. The molecule has 0 bridgehead atoms. The lowest BCUT2D eigenvalue weighted by molar-refractivity contribution is 0.0909. The molecule has 1 amide bonds. The number of hydrogen-bond acceptors (Lipinski definition) is 2. The summed E-state index contributed by atoms with van der Waals surface area (Å²) >= 11 is 0. The van der Waals surface area contributed by atoms with Crippen LogP contribution in [0.15, 0.2) is 18.2 Å². The first-order valence-electron chi connectivity index (χ1n) is 6.27. The van der Waals surface area contributed by atoms with Gasteiger partial charge in [-0.05, 0) is 25.5 Å². The Morgan fingerprint density at radius 1 is 1.39 bits per heavy atom. The van der Waals surface area contributed by atoms with Crippen LogP contribution in [0.25, 0.3) is 0 Å². The van der Waals surface area contributed by atoms with Crippen molar-refractivity contribution < 1.29 is 13.9 Å². The normalized spacial score (nSPS) is 10.4. The van der Waals surface area contributed by atoms with Crippen LogP contribution in [0.5, 0.6) is 0 Å². The maximum Gasteiger partial charge on any atom is 0.254 e. The van der Waals surface area contributed by atoms with E-state index in [1.54, 1.807) is 12.1 Å². The van der Waals surface area contributed by atoms with Crippen LogP contribution in [0, 0.1) is 12.7 Å². The number of carbonyl (C=O) groups excluding carboxylic acids is 1. The van der Waals surface area contributed by atoms with Gasteiger partial charge in [-0.3, -0.25) is 4.79 Å². The summed E-state index contributed by atoms with van der Waals surface area (Å²) in [6.07, 6.45) is 2.10. The van der Waals surface area contributed by atoms with Crippen molar-refractivity contribution in [2.75, 3.05) is 19.8 Å². The van der Waals surface area contributed by atoms with Gasteiger partial charge < -0.3 is 10.1 Å². The van der Waals surface area contributed by atoms with E-state index in [2.05, 4.69) is 12.2 Å². The fourth-order valence-corrected chi connectivity index (χ4v) is 1.49. The van der Waals surface area contributed by atoms with Crippen LogP contribution < -0.4 is 5.32 Å². The smallest absolute Gasteiger partial charge is 0.254 e. The highest BCUT2D eigenvalue weighted by atomic mass is 19.1. The zero-order valence-electron chi connectivity index (χ0n) is 11.0. The topological polar surface area (TPSA) is 38.3 Å². The van der Waals surface area contributed by atoms with Crippen molar-refractivity contribution in [1.82, 2.24) is 5.32 Å². The summed E-state index contributed by atoms with van der Waals surface area (Å²) in [6.45, 7) is 5.47. The second kappa shape index (κ2) is 7.82. The minimum Gasteiger partial charge on any atom is -0.380 e. The summed E-state index contributed by atoms with van der Waals surface area (Å²) in [5.74, 6) is -0.889. The highest BCUT2D eigenvalue weighted by Gasteiger charge is 2.10. The molecule has 0 aliphatic carbocycles. The molecular weight excluding hydrogens is 233 g/mol. The zero-order chi connectivity index (χ0) is 13.4. The molecule has 0 atom stereocenters. The molecule has 0 fully saturated rings. The SMILES string of the molecule is CCCCOCCNC(=O)c1cc(C)ccc1F. The summed E-state index contributed by atoms with van der Waals surface area (Å²) in [4.78, 5) is 11.7. The van der Waals surface area contributed by atoms with E-state index in [9.17, 15) is 9.18 Å². The number of unbranched alkanes of at least 4 members (excludes halogenated alkanes) is 1. The number of benzene rings is 1. The Labute approximate surface area is 107 Å². The fraction of sp³-hybridized carbons (Fsp3) is 0.500. The largest absolute Gasteiger partial charge is 0.380 e. The Balaban J connectivity index is 2.34. The fourth-order valence-electron chi connectivity index (χ4n) is 1.49. The van der Waals surface area contributed by atoms with Gasteiger partial charge in [0, 0.05) is 13.2 Å². The van der Waals surface area contributed by atoms with E-state index in [0.29, 0.717) is 19.8 Å². The van der Waals surface area contributed by atoms with Gasteiger partial charge in [0.25, 0.3) is 5.91 Å². The van der Waals surface area contributed by atoms with E-state index in [1.165, 1.54) is 6.07 Å². The average molecular weight is 253 g/mol. The van der Waals surface area contributed by atoms with Gasteiger partial charge in [0.2, 0.25) is 0 Å². The lowest BCUT2D eigenvalue weighted by Crippen LogP contribution is -2.28. The number of nitrogens with one attached hydrogen (secondary N) is 1. The Morgan fingerprint density at radius 2 is 2.17 bits per heavy atom. The van der Waals surface area contributed by atoms with Gasteiger partial charge in [-0.1, -0.05) is 25.0 Å². The first-order valence-corrected chi connectivity index (χ1v) is 6.27. The van der Waals surface area contributed by atoms with Crippen molar-refractivity contribution in [2.45, 2.75) is 26.7 Å². The molecule has 0 aliphatic rings. The van der Waals surface area contributed by atoms with Crippen molar-refractivity contribution in [3.05, 3.63) is 35.1 Å². The summed E-state index contributed by atoms with van der Waals surface area (Å²) < 4.78 is 18.7. The number of hydrogen-bond donors (Lipinski definition) is 1. The van der Waals surface area contributed by atoms with Crippen molar-refractivity contribution in [3.8, 4) is 0 Å². The standard InChI is InChI=1S/C14H20FNO2/c1-3-4-8-18-9-7-16-14(17)12-10-11(2)5-6-13(12)15/h5-6,10H,3-4,7-9H2,1-2H3,(H,16,17). The second-order valence-electron chi connectivity index (χ2n) is 4.21. The zero-order valence-corrected chi connectivity index (χ0v) is 11.0. The summed E-state index contributed by atoms with van der Waals surface area (Å²) in [7, 11) is 0. The van der Waals surface area contributed by atoms with Crippen molar-refractivity contribution in [1.29, 1.82) is 0 Å². The number of amides is 1. The molecule has 4 heteroatoms. The molecule has 1 rings (SSSR count). The molecule has 3 nitrogen and oxygen atoms in total. The minimum absolute atomic E-state index is 0.0866. The monoisotopic (exact) mass is 253 g/mol. The molecule has 18 heavy (non-hydrogen) atoms. The van der Waals surface area contributed by atoms with Gasteiger partial charge in [0.15, 0.2) is 0 Å². The van der Waals surface area contributed by atoms with Gasteiger partial charge in [-0.2, -0.15) is 0 Å². The molecular formula is C14H20FNO2. The van der Waals surface area contributed by atoms with E-state index in [1.807, 2.05) is 6.92 Å². The van der Waals surface area contributed by atoms with E-state index < -0.39 is 11.7 Å². The lowest BCUT2D eigenvalue weighted by Gasteiger charge is -2.07. The Bertz CT molecular complexity index is 393. The number of ether oxygens (including phenoxy) is 1. The van der Waals surface area contributed by atoms with Crippen molar-refractivity contribution in [3.63, 3.8) is 0 Å². The molecule has 0 spiro atoms. The molecule has 1 aromatic carbocycles. The first-order chi connectivity index (χ1) is 8.65. The van der Waals surface area contributed by atoms with Gasteiger partial charge in [0.1, 0.15) is 5.82 Å².